The molecule has 1 aliphatic rings. The molecule has 1 aliphatic heterocycles. The molecule has 2 nitrogen and oxygen atoms in total. The van der Waals surface area contributed by atoms with Crippen LogP contribution in [0.15, 0.2) is 48.0 Å². The second-order valence-electron chi connectivity index (χ2n) is 4.48. The summed E-state index contributed by atoms with van der Waals surface area (Å²) in [5, 5.41) is 0.630. The Morgan fingerprint density at radius 3 is 2.65 bits per heavy atom. The monoisotopic (exact) mass is 288 g/mol. The van der Waals surface area contributed by atoms with Crippen molar-refractivity contribution in [2.24, 2.45) is 0 Å². The predicted molar refractivity (Wildman–Crippen MR) is 75.7 cm³/mol. The molecule has 0 saturated carbocycles. The van der Waals surface area contributed by atoms with E-state index in [4.69, 9.17) is 16.3 Å². The second-order valence-corrected chi connectivity index (χ2v) is 4.92. The number of benzene rings is 2. The van der Waals surface area contributed by atoms with E-state index in [0.717, 1.165) is 5.56 Å². The maximum atomic E-state index is 13.2. The molecule has 20 heavy (non-hydrogen) atoms. The Labute approximate surface area is 120 Å². The number of Topliss-reactive ketones (excluding diaryl/α,β-unsaturated/α-hetero) is 1. The van der Waals surface area contributed by atoms with Crippen LogP contribution >= 0.6 is 11.6 Å². The zero-order valence-electron chi connectivity index (χ0n) is 10.4. The third kappa shape index (κ3) is 2.45. The van der Waals surface area contributed by atoms with Gasteiger partial charge < -0.3 is 4.74 Å². The molecule has 0 aliphatic carbocycles. The second kappa shape index (κ2) is 5.10. The average Bonchev–Trinajstić information content (AvgIpc) is 2.45. The predicted octanol–water partition coefficient (Wildman–Crippen LogP) is 4.14. The SMILES string of the molecule is O=C1/C(=C/c2ccc(Cl)cc2)COc2ccc(F)cc21. The highest BCUT2D eigenvalue weighted by atomic mass is 35.5. The Kier molecular flexibility index (Phi) is 3.28. The molecule has 0 bridgehead atoms. The number of carbonyl (C=O) groups excluding carboxylic acids is 1. The van der Waals surface area contributed by atoms with Gasteiger partial charge in [-0.15, -0.1) is 0 Å². The molecule has 0 spiro atoms. The molecule has 1 heterocycles. The molecule has 0 saturated heterocycles. The fourth-order valence-corrected chi connectivity index (χ4v) is 2.19. The lowest BCUT2D eigenvalue weighted by Crippen LogP contribution is -2.19. The van der Waals surface area contributed by atoms with Crippen molar-refractivity contribution < 1.29 is 13.9 Å². The maximum absolute atomic E-state index is 13.2. The number of halogens is 2. The van der Waals surface area contributed by atoms with Gasteiger partial charge in [0.25, 0.3) is 0 Å². The molecule has 0 atom stereocenters. The highest BCUT2D eigenvalue weighted by Crippen LogP contribution is 2.28. The van der Waals surface area contributed by atoms with Gasteiger partial charge in [-0.05, 0) is 42.0 Å². The zero-order chi connectivity index (χ0) is 14.1. The molecule has 0 fully saturated rings. The van der Waals surface area contributed by atoms with Crippen molar-refractivity contribution in [3.05, 3.63) is 70.0 Å². The Balaban J connectivity index is 1.97. The fraction of sp³-hybridized carbons (Fsp3) is 0.0625. The van der Waals surface area contributed by atoms with Gasteiger partial charge in [-0.2, -0.15) is 0 Å². The number of hydrogen-bond acceptors (Lipinski definition) is 2. The van der Waals surface area contributed by atoms with Gasteiger partial charge in [0.1, 0.15) is 18.2 Å². The van der Waals surface area contributed by atoms with Crippen molar-refractivity contribution in [2.45, 2.75) is 0 Å². The summed E-state index contributed by atoms with van der Waals surface area (Å²) in [6, 6.07) is 11.1. The van der Waals surface area contributed by atoms with Crippen LogP contribution < -0.4 is 4.74 Å². The fourth-order valence-electron chi connectivity index (χ4n) is 2.07. The smallest absolute Gasteiger partial charge is 0.196 e. The summed E-state index contributed by atoms with van der Waals surface area (Å²) in [6.45, 7) is 0.181. The van der Waals surface area contributed by atoms with Crippen LogP contribution in [0.1, 0.15) is 15.9 Å². The minimum atomic E-state index is -0.451. The molecule has 100 valence electrons. The minimum absolute atomic E-state index is 0.181. The Hall–Kier alpha value is -2.13. The summed E-state index contributed by atoms with van der Waals surface area (Å²) in [5.41, 5.74) is 1.60. The van der Waals surface area contributed by atoms with Crippen LogP contribution in [0.2, 0.25) is 5.02 Å². The van der Waals surface area contributed by atoms with Gasteiger partial charge in [-0.3, -0.25) is 4.79 Å². The first-order valence-electron chi connectivity index (χ1n) is 6.07. The van der Waals surface area contributed by atoms with Gasteiger partial charge in [0.15, 0.2) is 5.78 Å². The van der Waals surface area contributed by atoms with E-state index in [1.807, 2.05) is 12.1 Å². The Bertz CT molecular complexity index is 705. The minimum Gasteiger partial charge on any atom is -0.488 e. The van der Waals surface area contributed by atoms with Crippen LogP contribution in [-0.2, 0) is 0 Å². The van der Waals surface area contributed by atoms with E-state index in [0.29, 0.717) is 16.3 Å². The van der Waals surface area contributed by atoms with E-state index >= 15 is 0 Å². The highest BCUT2D eigenvalue weighted by Gasteiger charge is 2.23. The van der Waals surface area contributed by atoms with Crippen molar-refractivity contribution in [3.8, 4) is 5.75 Å². The molecule has 0 amide bonds. The zero-order valence-corrected chi connectivity index (χ0v) is 11.2. The number of carbonyl (C=O) groups is 1. The van der Waals surface area contributed by atoms with E-state index < -0.39 is 5.82 Å². The van der Waals surface area contributed by atoms with Crippen LogP contribution in [0.25, 0.3) is 6.08 Å². The third-order valence-electron chi connectivity index (χ3n) is 3.07. The molecule has 2 aromatic rings. The molecule has 2 aromatic carbocycles. The summed E-state index contributed by atoms with van der Waals surface area (Å²) < 4.78 is 18.7. The Morgan fingerprint density at radius 1 is 1.15 bits per heavy atom. The first-order chi connectivity index (χ1) is 9.63. The molecule has 0 aromatic heterocycles. The summed E-state index contributed by atoms with van der Waals surface area (Å²) in [7, 11) is 0. The van der Waals surface area contributed by atoms with Gasteiger partial charge >= 0.3 is 0 Å². The first-order valence-corrected chi connectivity index (χ1v) is 6.44. The average molecular weight is 289 g/mol. The standard InChI is InChI=1S/C16H10ClFO2/c17-12-3-1-10(2-4-12)7-11-9-20-15-6-5-13(18)8-14(15)16(11)19/h1-8H,9H2/b11-7+. The number of fused-ring (bicyclic) bond motifs is 1. The molecule has 0 N–H and O–H groups in total. The van der Waals surface area contributed by atoms with E-state index in [1.165, 1.54) is 18.2 Å². The van der Waals surface area contributed by atoms with E-state index in [-0.39, 0.29) is 18.0 Å². The molecule has 4 heteroatoms. The molecular formula is C16H10ClFO2. The number of ether oxygens (including phenoxy) is 1. The quantitative estimate of drug-likeness (QED) is 0.737. The third-order valence-corrected chi connectivity index (χ3v) is 3.32. The van der Waals surface area contributed by atoms with Crippen LogP contribution in [0.4, 0.5) is 4.39 Å². The summed E-state index contributed by atoms with van der Waals surface area (Å²) in [6.07, 6.45) is 1.73. The molecule has 0 radical (unpaired) electrons. The van der Waals surface area contributed by atoms with E-state index in [1.54, 1.807) is 18.2 Å². The molecule has 3 rings (SSSR count). The summed E-state index contributed by atoms with van der Waals surface area (Å²) >= 11 is 5.81. The van der Waals surface area contributed by atoms with Crippen LogP contribution in [0.3, 0.4) is 0 Å². The lowest BCUT2D eigenvalue weighted by molar-refractivity contribution is 0.1000. The maximum Gasteiger partial charge on any atom is 0.196 e. The Morgan fingerprint density at radius 2 is 1.90 bits per heavy atom. The lowest BCUT2D eigenvalue weighted by atomic mass is 9.98. The van der Waals surface area contributed by atoms with Crippen molar-refractivity contribution in [2.75, 3.05) is 6.61 Å². The first kappa shape index (κ1) is 12.9. The van der Waals surface area contributed by atoms with Crippen molar-refractivity contribution in [1.29, 1.82) is 0 Å². The lowest BCUT2D eigenvalue weighted by Gasteiger charge is -2.18. The summed E-state index contributed by atoms with van der Waals surface area (Å²) in [4.78, 5) is 12.3. The largest absolute Gasteiger partial charge is 0.488 e. The van der Waals surface area contributed by atoms with Gasteiger partial charge in [-0.1, -0.05) is 23.7 Å². The number of rotatable bonds is 1. The van der Waals surface area contributed by atoms with Crippen molar-refractivity contribution in [3.63, 3.8) is 0 Å². The van der Waals surface area contributed by atoms with Crippen molar-refractivity contribution >= 4 is 23.5 Å². The van der Waals surface area contributed by atoms with Crippen LogP contribution in [0.5, 0.6) is 5.75 Å². The molecule has 0 unspecified atom stereocenters. The topological polar surface area (TPSA) is 26.3 Å². The number of hydrogen-bond donors (Lipinski definition) is 0. The van der Waals surface area contributed by atoms with Crippen LogP contribution in [0, 0.1) is 5.82 Å². The van der Waals surface area contributed by atoms with E-state index in [9.17, 15) is 9.18 Å². The van der Waals surface area contributed by atoms with Gasteiger partial charge in [0.05, 0.1) is 5.56 Å². The molecular weight excluding hydrogens is 279 g/mol. The van der Waals surface area contributed by atoms with Crippen molar-refractivity contribution in [1.82, 2.24) is 0 Å². The van der Waals surface area contributed by atoms with Gasteiger partial charge in [-0.25, -0.2) is 4.39 Å². The summed E-state index contributed by atoms with van der Waals surface area (Å²) in [5.74, 6) is -0.237. The van der Waals surface area contributed by atoms with E-state index in [2.05, 4.69) is 0 Å². The van der Waals surface area contributed by atoms with Gasteiger partial charge in [0, 0.05) is 10.6 Å². The van der Waals surface area contributed by atoms with Gasteiger partial charge in [0.2, 0.25) is 0 Å². The van der Waals surface area contributed by atoms with Crippen LogP contribution in [-0.4, -0.2) is 12.4 Å². The highest BCUT2D eigenvalue weighted by molar-refractivity contribution is 6.30. The normalized spacial score (nSPS) is 15.9. The number of ketones is 1.